The summed E-state index contributed by atoms with van der Waals surface area (Å²) in [5.41, 5.74) is 0. The van der Waals surface area contributed by atoms with Crippen LogP contribution in [-0.2, 0) is 4.74 Å². The van der Waals surface area contributed by atoms with Crippen molar-refractivity contribution < 1.29 is 9.84 Å². The van der Waals surface area contributed by atoms with Gasteiger partial charge in [-0.1, -0.05) is 13.2 Å². The molecule has 1 N–H and O–H groups in total. The molecule has 0 saturated carbocycles. The number of aliphatic hydroxyl groups is 1. The Hall–Kier alpha value is -0.760. The van der Waals surface area contributed by atoms with Crippen molar-refractivity contribution in [2.75, 3.05) is 0 Å². The molecule has 0 spiro atoms. The van der Waals surface area contributed by atoms with E-state index in [0.717, 1.165) is 0 Å². The average molecular weight is 158 g/mol. The molecule has 0 aliphatic rings. The fourth-order valence-electron chi connectivity index (χ4n) is 0.297. The molecule has 0 aromatic heterocycles. The molecule has 2 nitrogen and oxygen atoms in total. The Morgan fingerprint density at radius 2 is 1.36 bits per heavy atom. The molecule has 0 atom stereocenters. The number of aliphatic hydroxyl groups excluding tert-OH is 1. The summed E-state index contributed by atoms with van der Waals surface area (Å²) in [7, 11) is 0. The lowest BCUT2D eigenvalue weighted by atomic mass is 10.5. The maximum Gasteiger partial charge on any atom is 0.0933 e. The van der Waals surface area contributed by atoms with Crippen LogP contribution in [0.2, 0.25) is 0 Å². The zero-order valence-electron chi connectivity index (χ0n) is 7.85. The predicted molar refractivity (Wildman–Crippen MR) is 48.1 cm³/mol. The molecule has 2 heteroatoms. The minimum atomic E-state index is -0.167. The molecule has 0 aromatic rings. The highest BCUT2D eigenvalue weighted by Gasteiger charge is 1.80. The van der Waals surface area contributed by atoms with E-state index in [1.54, 1.807) is 27.7 Å². The maximum absolute atomic E-state index is 8.06. The van der Waals surface area contributed by atoms with Crippen LogP contribution in [0.1, 0.15) is 27.7 Å². The molecular formula is C9H18O2. The molecule has 11 heavy (non-hydrogen) atoms. The minimum Gasteiger partial charge on any atom is -0.468 e. The van der Waals surface area contributed by atoms with E-state index in [0.29, 0.717) is 11.5 Å². The van der Waals surface area contributed by atoms with E-state index in [1.807, 2.05) is 0 Å². The standard InChI is InChI=1S/C6H10O.C3H8O/c1-5(2)7-6(3)4;1-3(2)4/h1,3H2,2,4H3;3-4H,1-2H3. The van der Waals surface area contributed by atoms with E-state index < -0.39 is 0 Å². The highest BCUT2D eigenvalue weighted by Crippen LogP contribution is 1.97. The van der Waals surface area contributed by atoms with Crippen molar-refractivity contribution in [1.29, 1.82) is 0 Å². The molecule has 0 radical (unpaired) electrons. The van der Waals surface area contributed by atoms with Gasteiger partial charge < -0.3 is 9.84 Å². The summed E-state index contributed by atoms with van der Waals surface area (Å²) in [6.07, 6.45) is -0.167. The van der Waals surface area contributed by atoms with Crippen LogP contribution in [0.4, 0.5) is 0 Å². The van der Waals surface area contributed by atoms with Crippen LogP contribution in [-0.4, -0.2) is 11.2 Å². The summed E-state index contributed by atoms with van der Waals surface area (Å²) >= 11 is 0. The summed E-state index contributed by atoms with van der Waals surface area (Å²) in [5.74, 6) is 1.38. The Bertz CT molecular complexity index is 111. The molecule has 0 rings (SSSR count). The number of hydrogen-bond donors (Lipinski definition) is 1. The Balaban J connectivity index is 0. The Kier molecular flexibility index (Phi) is 8.60. The van der Waals surface area contributed by atoms with E-state index in [4.69, 9.17) is 9.84 Å². The van der Waals surface area contributed by atoms with E-state index in [9.17, 15) is 0 Å². The summed E-state index contributed by atoms with van der Waals surface area (Å²) < 4.78 is 4.86. The first-order valence-electron chi connectivity index (χ1n) is 3.53. The van der Waals surface area contributed by atoms with Crippen molar-refractivity contribution in [2.45, 2.75) is 33.8 Å². The second-order valence-electron chi connectivity index (χ2n) is 2.60. The Morgan fingerprint density at radius 3 is 1.36 bits per heavy atom. The van der Waals surface area contributed by atoms with E-state index >= 15 is 0 Å². The van der Waals surface area contributed by atoms with Crippen molar-refractivity contribution in [1.82, 2.24) is 0 Å². The molecule has 0 aliphatic heterocycles. The van der Waals surface area contributed by atoms with Crippen LogP contribution in [0, 0.1) is 0 Å². The summed E-state index contributed by atoms with van der Waals surface area (Å²) in [6, 6.07) is 0. The third-order valence-corrected chi connectivity index (χ3v) is 0.348. The highest BCUT2D eigenvalue weighted by molar-refractivity contribution is 4.85. The third kappa shape index (κ3) is 46.1. The third-order valence-electron chi connectivity index (χ3n) is 0.348. The van der Waals surface area contributed by atoms with Crippen molar-refractivity contribution in [3.05, 3.63) is 24.7 Å². The van der Waals surface area contributed by atoms with Crippen LogP contribution in [0.3, 0.4) is 0 Å². The van der Waals surface area contributed by atoms with Gasteiger partial charge in [0.05, 0.1) is 11.5 Å². The zero-order valence-corrected chi connectivity index (χ0v) is 7.85. The number of hydrogen-bond acceptors (Lipinski definition) is 2. The smallest absolute Gasteiger partial charge is 0.0933 e. The van der Waals surface area contributed by atoms with Crippen LogP contribution in [0.25, 0.3) is 0 Å². The molecule has 0 saturated heterocycles. The number of ether oxygens (including phenoxy) is 1. The normalized spacial score (nSPS) is 8.18. The Labute approximate surface area is 69.2 Å². The van der Waals surface area contributed by atoms with Gasteiger partial charge in [-0.25, -0.2) is 0 Å². The zero-order chi connectivity index (χ0) is 9.44. The summed E-state index contributed by atoms with van der Waals surface area (Å²) in [5, 5.41) is 8.06. The van der Waals surface area contributed by atoms with Gasteiger partial charge in [0, 0.05) is 6.10 Å². The first-order valence-corrected chi connectivity index (χ1v) is 3.53. The molecule has 0 fully saturated rings. The molecule has 0 aliphatic carbocycles. The second kappa shape index (κ2) is 7.35. The van der Waals surface area contributed by atoms with Crippen molar-refractivity contribution in [3.63, 3.8) is 0 Å². The van der Waals surface area contributed by atoms with E-state index in [2.05, 4.69) is 13.2 Å². The van der Waals surface area contributed by atoms with Crippen LogP contribution in [0.15, 0.2) is 24.7 Å². The van der Waals surface area contributed by atoms with Gasteiger partial charge in [0.25, 0.3) is 0 Å². The highest BCUT2D eigenvalue weighted by atomic mass is 16.5. The van der Waals surface area contributed by atoms with Gasteiger partial charge in [-0.15, -0.1) is 0 Å². The monoisotopic (exact) mass is 158 g/mol. The molecular weight excluding hydrogens is 140 g/mol. The molecule has 0 bridgehead atoms. The van der Waals surface area contributed by atoms with Gasteiger partial charge in [0.1, 0.15) is 0 Å². The van der Waals surface area contributed by atoms with Crippen molar-refractivity contribution in [3.8, 4) is 0 Å². The first-order chi connectivity index (χ1) is 4.86. The van der Waals surface area contributed by atoms with Crippen LogP contribution < -0.4 is 0 Å². The molecule has 0 unspecified atom stereocenters. The Morgan fingerprint density at radius 1 is 1.18 bits per heavy atom. The van der Waals surface area contributed by atoms with Gasteiger partial charge in [-0.05, 0) is 27.7 Å². The number of rotatable bonds is 2. The van der Waals surface area contributed by atoms with Crippen molar-refractivity contribution >= 4 is 0 Å². The van der Waals surface area contributed by atoms with Gasteiger partial charge in [-0.2, -0.15) is 0 Å². The fourth-order valence-corrected chi connectivity index (χ4v) is 0.297. The fraction of sp³-hybridized carbons (Fsp3) is 0.556. The topological polar surface area (TPSA) is 29.5 Å². The average Bonchev–Trinajstić information content (AvgIpc) is 1.56. The molecule has 0 heterocycles. The number of allylic oxidation sites excluding steroid dienone is 2. The summed E-state index contributed by atoms with van der Waals surface area (Å²) in [6.45, 7) is 14.0. The quantitative estimate of drug-likeness (QED) is 0.625. The first kappa shape index (κ1) is 12.9. The minimum absolute atomic E-state index is 0.167. The summed E-state index contributed by atoms with van der Waals surface area (Å²) in [4.78, 5) is 0. The molecule has 0 aromatic carbocycles. The lowest BCUT2D eigenvalue weighted by Crippen LogP contribution is -1.85. The lowest BCUT2D eigenvalue weighted by molar-refractivity contribution is 0.216. The van der Waals surface area contributed by atoms with Gasteiger partial charge in [0.15, 0.2) is 0 Å². The largest absolute Gasteiger partial charge is 0.468 e. The predicted octanol–water partition coefficient (Wildman–Crippen LogP) is 2.46. The van der Waals surface area contributed by atoms with Gasteiger partial charge >= 0.3 is 0 Å². The van der Waals surface area contributed by atoms with E-state index in [-0.39, 0.29) is 6.10 Å². The van der Waals surface area contributed by atoms with Gasteiger partial charge in [0.2, 0.25) is 0 Å². The molecule has 0 amide bonds. The van der Waals surface area contributed by atoms with E-state index in [1.165, 1.54) is 0 Å². The van der Waals surface area contributed by atoms with Gasteiger partial charge in [-0.3, -0.25) is 0 Å². The van der Waals surface area contributed by atoms with Crippen LogP contribution >= 0.6 is 0 Å². The molecule has 66 valence electrons. The maximum atomic E-state index is 8.06. The second-order valence-corrected chi connectivity index (χ2v) is 2.60. The van der Waals surface area contributed by atoms with Crippen molar-refractivity contribution in [2.24, 2.45) is 0 Å². The lowest BCUT2D eigenvalue weighted by Gasteiger charge is -1.99. The SMILES string of the molecule is C=C(C)OC(=C)C.CC(C)O. The van der Waals surface area contributed by atoms with Crippen LogP contribution in [0.5, 0.6) is 0 Å².